The Labute approximate surface area is 99.4 Å². The quantitative estimate of drug-likeness (QED) is 0.612. The van der Waals surface area contributed by atoms with Crippen LogP contribution in [0.3, 0.4) is 0 Å². The zero-order valence-corrected chi connectivity index (χ0v) is 9.75. The van der Waals surface area contributed by atoms with Crippen LogP contribution in [0.1, 0.15) is 16.8 Å². The molecule has 0 atom stereocenters. The highest BCUT2D eigenvalue weighted by atomic mass is 16.4. The van der Waals surface area contributed by atoms with Gasteiger partial charge in [-0.1, -0.05) is 0 Å². The lowest BCUT2D eigenvalue weighted by Crippen LogP contribution is -2.13. The monoisotopic (exact) mass is 234 g/mol. The summed E-state index contributed by atoms with van der Waals surface area (Å²) in [5.41, 5.74) is 0.683. The number of aliphatic carboxylic acids is 1. The summed E-state index contributed by atoms with van der Waals surface area (Å²) in [6.45, 7) is 0. The Morgan fingerprint density at radius 1 is 1.35 bits per heavy atom. The SMILES string of the molecule is CN(C)/C=C(\CC(=O)O)C(=O)c1ccncc1. The standard InChI is InChI=1S/C12H14N2O3/c1-14(2)8-10(7-11(15)16)12(17)9-3-5-13-6-4-9/h3-6,8H,7H2,1-2H3,(H,15,16)/b10-8+. The fourth-order valence-corrected chi connectivity index (χ4v) is 1.35. The second-order valence-corrected chi connectivity index (χ2v) is 3.75. The third-order valence-corrected chi connectivity index (χ3v) is 1.99. The molecule has 1 heterocycles. The molecule has 0 bridgehead atoms. The number of rotatable bonds is 5. The lowest BCUT2D eigenvalue weighted by atomic mass is 10.0. The van der Waals surface area contributed by atoms with E-state index in [1.165, 1.54) is 18.6 Å². The Hall–Kier alpha value is -2.17. The highest BCUT2D eigenvalue weighted by Gasteiger charge is 2.15. The average Bonchev–Trinajstić information content (AvgIpc) is 2.27. The van der Waals surface area contributed by atoms with Crippen molar-refractivity contribution >= 4 is 11.8 Å². The first kappa shape index (κ1) is 12.9. The molecule has 5 nitrogen and oxygen atoms in total. The fraction of sp³-hybridized carbons (Fsp3) is 0.250. The predicted molar refractivity (Wildman–Crippen MR) is 62.6 cm³/mol. The molecule has 0 radical (unpaired) electrons. The first-order chi connectivity index (χ1) is 8.00. The van der Waals surface area contributed by atoms with Crippen molar-refractivity contribution in [3.05, 3.63) is 41.9 Å². The second kappa shape index (κ2) is 5.79. The maximum Gasteiger partial charge on any atom is 0.308 e. The first-order valence-electron chi connectivity index (χ1n) is 5.04. The molecule has 0 fully saturated rings. The number of carbonyl (C=O) groups is 2. The van der Waals surface area contributed by atoms with Crippen molar-refractivity contribution in [3.63, 3.8) is 0 Å². The van der Waals surface area contributed by atoms with Crippen LogP contribution in [0.5, 0.6) is 0 Å². The highest BCUT2D eigenvalue weighted by Crippen LogP contribution is 2.11. The maximum atomic E-state index is 12.0. The summed E-state index contributed by atoms with van der Waals surface area (Å²) in [6, 6.07) is 3.13. The van der Waals surface area contributed by atoms with E-state index in [0.717, 1.165) is 0 Å². The van der Waals surface area contributed by atoms with E-state index in [1.807, 2.05) is 0 Å². The largest absolute Gasteiger partial charge is 0.481 e. The van der Waals surface area contributed by atoms with Crippen molar-refractivity contribution in [2.45, 2.75) is 6.42 Å². The van der Waals surface area contributed by atoms with Crippen molar-refractivity contribution in [1.29, 1.82) is 0 Å². The average molecular weight is 234 g/mol. The van der Waals surface area contributed by atoms with Crippen LogP contribution in [0.4, 0.5) is 0 Å². The van der Waals surface area contributed by atoms with Crippen LogP contribution < -0.4 is 0 Å². The molecule has 0 aliphatic rings. The van der Waals surface area contributed by atoms with Crippen molar-refractivity contribution < 1.29 is 14.7 Å². The molecule has 90 valence electrons. The van der Waals surface area contributed by atoms with E-state index in [2.05, 4.69) is 4.98 Å². The number of nitrogens with zero attached hydrogens (tertiary/aromatic N) is 2. The van der Waals surface area contributed by atoms with Crippen LogP contribution in [-0.2, 0) is 4.79 Å². The number of ketones is 1. The molecule has 0 aliphatic heterocycles. The summed E-state index contributed by atoms with van der Waals surface area (Å²) in [5.74, 6) is -1.32. The predicted octanol–water partition coefficient (Wildman–Crippen LogP) is 1.18. The Balaban J connectivity index is 2.99. The molecule has 0 amide bonds. The fourth-order valence-electron chi connectivity index (χ4n) is 1.35. The number of hydrogen-bond acceptors (Lipinski definition) is 4. The van der Waals surface area contributed by atoms with Gasteiger partial charge in [0.15, 0.2) is 5.78 Å². The molecule has 1 rings (SSSR count). The Morgan fingerprint density at radius 3 is 2.41 bits per heavy atom. The maximum absolute atomic E-state index is 12.0. The molecule has 0 spiro atoms. The number of carboxylic acid groups (broad SMARTS) is 1. The van der Waals surface area contributed by atoms with Crippen molar-refractivity contribution in [1.82, 2.24) is 9.88 Å². The van der Waals surface area contributed by atoms with Gasteiger partial charge in [0.2, 0.25) is 0 Å². The van der Waals surface area contributed by atoms with Crippen molar-refractivity contribution in [2.75, 3.05) is 14.1 Å². The van der Waals surface area contributed by atoms with E-state index in [1.54, 1.807) is 31.1 Å². The number of aromatic nitrogens is 1. The number of hydrogen-bond donors (Lipinski definition) is 1. The van der Waals surface area contributed by atoms with E-state index >= 15 is 0 Å². The Bertz CT molecular complexity index is 438. The summed E-state index contributed by atoms with van der Waals surface area (Å²) in [7, 11) is 3.48. The minimum absolute atomic E-state index is 0.244. The Kier molecular flexibility index (Phi) is 4.39. The van der Waals surface area contributed by atoms with Crippen molar-refractivity contribution in [2.24, 2.45) is 0 Å². The lowest BCUT2D eigenvalue weighted by Gasteiger charge is -2.09. The number of carboxylic acids is 1. The van der Waals surface area contributed by atoms with Crippen LogP contribution in [0.2, 0.25) is 0 Å². The van der Waals surface area contributed by atoms with Gasteiger partial charge in [0, 0.05) is 43.8 Å². The highest BCUT2D eigenvalue weighted by molar-refractivity contribution is 6.10. The van der Waals surface area contributed by atoms with Gasteiger partial charge in [0.1, 0.15) is 0 Å². The van der Waals surface area contributed by atoms with Gasteiger partial charge >= 0.3 is 5.97 Å². The molecule has 0 saturated carbocycles. The smallest absolute Gasteiger partial charge is 0.308 e. The molecule has 17 heavy (non-hydrogen) atoms. The van der Waals surface area contributed by atoms with Gasteiger partial charge in [-0.05, 0) is 12.1 Å². The van der Waals surface area contributed by atoms with Crippen molar-refractivity contribution in [3.8, 4) is 0 Å². The van der Waals surface area contributed by atoms with E-state index in [9.17, 15) is 9.59 Å². The van der Waals surface area contributed by atoms with Crippen LogP contribution >= 0.6 is 0 Å². The van der Waals surface area contributed by atoms with E-state index in [0.29, 0.717) is 5.56 Å². The second-order valence-electron chi connectivity index (χ2n) is 3.75. The van der Waals surface area contributed by atoms with Gasteiger partial charge in [0.05, 0.1) is 6.42 Å². The molecular formula is C12H14N2O3. The zero-order valence-electron chi connectivity index (χ0n) is 9.75. The Morgan fingerprint density at radius 2 is 1.94 bits per heavy atom. The molecule has 0 aliphatic carbocycles. The number of carbonyl (C=O) groups excluding carboxylic acids is 1. The summed E-state index contributed by atoms with van der Waals surface area (Å²) < 4.78 is 0. The lowest BCUT2D eigenvalue weighted by molar-refractivity contribution is -0.136. The molecule has 1 aromatic rings. The molecule has 5 heteroatoms. The van der Waals surface area contributed by atoms with E-state index in [-0.39, 0.29) is 17.8 Å². The number of pyridine rings is 1. The van der Waals surface area contributed by atoms with Gasteiger partial charge in [-0.2, -0.15) is 0 Å². The van der Waals surface area contributed by atoms with E-state index in [4.69, 9.17) is 5.11 Å². The number of Topliss-reactive ketones (excluding diaryl/α,β-unsaturated/α-hetero) is 1. The molecule has 0 saturated heterocycles. The summed E-state index contributed by atoms with van der Waals surface area (Å²) in [5, 5.41) is 8.77. The molecule has 0 unspecified atom stereocenters. The summed E-state index contributed by atoms with van der Waals surface area (Å²) in [6.07, 6.45) is 4.23. The normalized spacial score (nSPS) is 11.1. The topological polar surface area (TPSA) is 70.5 Å². The molecule has 1 aromatic heterocycles. The third-order valence-electron chi connectivity index (χ3n) is 1.99. The molecular weight excluding hydrogens is 220 g/mol. The van der Waals surface area contributed by atoms with Crippen LogP contribution in [0.25, 0.3) is 0 Å². The van der Waals surface area contributed by atoms with Gasteiger partial charge in [0.25, 0.3) is 0 Å². The van der Waals surface area contributed by atoms with Crippen LogP contribution in [-0.4, -0.2) is 40.8 Å². The van der Waals surface area contributed by atoms with Gasteiger partial charge in [-0.25, -0.2) is 0 Å². The molecule has 1 N–H and O–H groups in total. The van der Waals surface area contributed by atoms with Gasteiger partial charge < -0.3 is 10.0 Å². The summed E-state index contributed by atoms with van der Waals surface area (Å²) >= 11 is 0. The zero-order chi connectivity index (χ0) is 12.8. The third kappa shape index (κ3) is 4.06. The first-order valence-corrected chi connectivity index (χ1v) is 5.04. The van der Waals surface area contributed by atoms with Gasteiger partial charge in [-0.15, -0.1) is 0 Å². The van der Waals surface area contributed by atoms with Crippen LogP contribution in [0.15, 0.2) is 36.3 Å². The summed E-state index contributed by atoms with van der Waals surface area (Å²) in [4.78, 5) is 28.2. The molecule has 0 aromatic carbocycles. The van der Waals surface area contributed by atoms with E-state index < -0.39 is 5.97 Å². The van der Waals surface area contributed by atoms with Crippen LogP contribution in [0, 0.1) is 0 Å². The van der Waals surface area contributed by atoms with Gasteiger partial charge in [-0.3, -0.25) is 14.6 Å². The minimum atomic E-state index is -1.03. The minimum Gasteiger partial charge on any atom is -0.481 e.